The predicted octanol–water partition coefficient (Wildman–Crippen LogP) is 4.14. The quantitative estimate of drug-likeness (QED) is 0.582. The highest BCUT2D eigenvalue weighted by molar-refractivity contribution is 5.76. The van der Waals surface area contributed by atoms with Crippen LogP contribution in [0.1, 0.15) is 84.0 Å². The molecule has 1 N–H and O–H groups in total. The average molecular weight is 297 g/mol. The Morgan fingerprint density at radius 3 is 2.00 bits per heavy atom. The SMILES string of the molecule is CCCCCCCCCCCC(=O)N1CCC(CO)CC1. The van der Waals surface area contributed by atoms with Gasteiger partial charge in [0.25, 0.3) is 0 Å². The Bertz CT molecular complexity index is 260. The van der Waals surface area contributed by atoms with Crippen LogP contribution in [0.2, 0.25) is 0 Å². The lowest BCUT2D eigenvalue weighted by Crippen LogP contribution is -2.39. The van der Waals surface area contributed by atoms with E-state index in [0.717, 1.165) is 38.8 Å². The molecule has 1 aliphatic rings. The maximum Gasteiger partial charge on any atom is 0.222 e. The van der Waals surface area contributed by atoms with Crippen LogP contribution in [0, 0.1) is 5.92 Å². The molecule has 1 fully saturated rings. The molecule has 0 aromatic carbocycles. The topological polar surface area (TPSA) is 40.5 Å². The fourth-order valence-corrected chi connectivity index (χ4v) is 3.11. The zero-order valence-corrected chi connectivity index (χ0v) is 14.0. The van der Waals surface area contributed by atoms with Crippen LogP contribution in [0.4, 0.5) is 0 Å². The van der Waals surface area contributed by atoms with Crippen LogP contribution in [-0.4, -0.2) is 35.6 Å². The number of likely N-dealkylation sites (tertiary alicyclic amines) is 1. The number of unbranched alkanes of at least 4 members (excludes halogenated alkanes) is 8. The van der Waals surface area contributed by atoms with Gasteiger partial charge < -0.3 is 10.0 Å². The van der Waals surface area contributed by atoms with E-state index < -0.39 is 0 Å². The summed E-state index contributed by atoms with van der Waals surface area (Å²) in [5.41, 5.74) is 0. The van der Waals surface area contributed by atoms with E-state index in [0.29, 0.717) is 11.8 Å². The average Bonchev–Trinajstić information content (AvgIpc) is 2.53. The first-order chi connectivity index (χ1) is 10.3. The highest BCUT2D eigenvalue weighted by Crippen LogP contribution is 2.18. The summed E-state index contributed by atoms with van der Waals surface area (Å²) in [6, 6.07) is 0. The van der Waals surface area contributed by atoms with Gasteiger partial charge >= 0.3 is 0 Å². The fraction of sp³-hybridized carbons (Fsp3) is 0.944. The lowest BCUT2D eigenvalue weighted by atomic mass is 9.97. The van der Waals surface area contributed by atoms with Crippen molar-refractivity contribution in [2.24, 2.45) is 5.92 Å². The molecule has 0 aromatic rings. The van der Waals surface area contributed by atoms with Crippen LogP contribution in [-0.2, 0) is 4.79 Å². The molecule has 1 heterocycles. The Morgan fingerprint density at radius 1 is 0.952 bits per heavy atom. The van der Waals surface area contributed by atoms with Gasteiger partial charge in [0.15, 0.2) is 0 Å². The van der Waals surface area contributed by atoms with E-state index in [1.54, 1.807) is 0 Å². The van der Waals surface area contributed by atoms with Crippen LogP contribution < -0.4 is 0 Å². The number of aliphatic hydroxyl groups excluding tert-OH is 1. The third kappa shape index (κ3) is 8.45. The molecule has 1 amide bonds. The molecule has 0 aliphatic carbocycles. The Morgan fingerprint density at radius 2 is 1.48 bits per heavy atom. The molecule has 124 valence electrons. The summed E-state index contributed by atoms with van der Waals surface area (Å²) in [6.07, 6.45) is 14.4. The van der Waals surface area contributed by atoms with Gasteiger partial charge in [0.05, 0.1) is 0 Å². The normalized spacial score (nSPS) is 16.4. The maximum atomic E-state index is 12.1. The monoisotopic (exact) mass is 297 g/mol. The summed E-state index contributed by atoms with van der Waals surface area (Å²) in [5.74, 6) is 0.746. The highest BCUT2D eigenvalue weighted by Gasteiger charge is 2.21. The maximum absolute atomic E-state index is 12.1. The molecule has 21 heavy (non-hydrogen) atoms. The third-order valence-electron chi connectivity index (χ3n) is 4.72. The summed E-state index contributed by atoms with van der Waals surface area (Å²) >= 11 is 0. The Labute approximate surface area is 131 Å². The molecular weight excluding hydrogens is 262 g/mol. The van der Waals surface area contributed by atoms with Crippen molar-refractivity contribution >= 4 is 5.91 Å². The van der Waals surface area contributed by atoms with Gasteiger partial charge in [-0.05, 0) is 25.2 Å². The van der Waals surface area contributed by atoms with Crippen molar-refractivity contribution in [3.05, 3.63) is 0 Å². The van der Waals surface area contributed by atoms with Gasteiger partial charge in [0, 0.05) is 26.1 Å². The molecule has 1 saturated heterocycles. The molecule has 0 aromatic heterocycles. The first-order valence-electron chi connectivity index (χ1n) is 9.16. The molecule has 3 heteroatoms. The minimum absolute atomic E-state index is 0.278. The molecule has 0 unspecified atom stereocenters. The number of amides is 1. The second-order valence-corrected chi connectivity index (χ2v) is 6.59. The van der Waals surface area contributed by atoms with Crippen molar-refractivity contribution in [1.29, 1.82) is 0 Å². The molecule has 1 aliphatic heterocycles. The van der Waals surface area contributed by atoms with Gasteiger partial charge in [-0.1, -0.05) is 58.3 Å². The second kappa shape index (κ2) is 12.0. The number of carbonyl (C=O) groups excluding carboxylic acids is 1. The van der Waals surface area contributed by atoms with E-state index in [1.165, 1.54) is 51.4 Å². The van der Waals surface area contributed by atoms with E-state index in [-0.39, 0.29) is 6.61 Å². The zero-order chi connectivity index (χ0) is 15.3. The molecular formula is C18H35NO2. The molecule has 1 rings (SSSR count). The van der Waals surface area contributed by atoms with E-state index in [4.69, 9.17) is 5.11 Å². The van der Waals surface area contributed by atoms with Gasteiger partial charge in [0.1, 0.15) is 0 Å². The largest absolute Gasteiger partial charge is 0.396 e. The van der Waals surface area contributed by atoms with Crippen LogP contribution in [0.3, 0.4) is 0 Å². The number of carbonyl (C=O) groups is 1. The van der Waals surface area contributed by atoms with Crippen molar-refractivity contribution in [2.45, 2.75) is 84.0 Å². The fourth-order valence-electron chi connectivity index (χ4n) is 3.11. The molecule has 0 radical (unpaired) electrons. The van der Waals surface area contributed by atoms with Crippen LogP contribution in [0.15, 0.2) is 0 Å². The lowest BCUT2D eigenvalue weighted by molar-refractivity contribution is -0.132. The van der Waals surface area contributed by atoms with Gasteiger partial charge in [-0.2, -0.15) is 0 Å². The van der Waals surface area contributed by atoms with Crippen molar-refractivity contribution in [3.63, 3.8) is 0 Å². The van der Waals surface area contributed by atoms with Crippen molar-refractivity contribution in [2.75, 3.05) is 19.7 Å². The Balaban J connectivity index is 1.92. The van der Waals surface area contributed by atoms with E-state index in [1.807, 2.05) is 4.90 Å². The third-order valence-corrected chi connectivity index (χ3v) is 4.72. The van der Waals surface area contributed by atoms with Crippen molar-refractivity contribution in [1.82, 2.24) is 4.90 Å². The first-order valence-corrected chi connectivity index (χ1v) is 9.16. The number of hydrogen-bond donors (Lipinski definition) is 1. The van der Waals surface area contributed by atoms with Gasteiger partial charge in [0.2, 0.25) is 5.91 Å². The van der Waals surface area contributed by atoms with E-state index in [2.05, 4.69) is 6.92 Å². The number of nitrogens with zero attached hydrogens (tertiary/aromatic N) is 1. The van der Waals surface area contributed by atoms with Crippen LogP contribution in [0.25, 0.3) is 0 Å². The number of piperidine rings is 1. The van der Waals surface area contributed by atoms with Crippen molar-refractivity contribution in [3.8, 4) is 0 Å². The minimum Gasteiger partial charge on any atom is -0.396 e. The minimum atomic E-state index is 0.278. The van der Waals surface area contributed by atoms with E-state index in [9.17, 15) is 4.79 Å². The van der Waals surface area contributed by atoms with Crippen LogP contribution >= 0.6 is 0 Å². The summed E-state index contributed by atoms with van der Waals surface area (Å²) in [4.78, 5) is 14.1. The first kappa shape index (κ1) is 18.5. The number of hydrogen-bond acceptors (Lipinski definition) is 2. The second-order valence-electron chi connectivity index (χ2n) is 6.59. The van der Waals surface area contributed by atoms with Gasteiger partial charge in [-0.3, -0.25) is 4.79 Å². The molecule has 0 bridgehead atoms. The summed E-state index contributed by atoms with van der Waals surface area (Å²) < 4.78 is 0. The molecule has 0 spiro atoms. The van der Waals surface area contributed by atoms with Crippen molar-refractivity contribution < 1.29 is 9.90 Å². The summed E-state index contributed by atoms with van der Waals surface area (Å²) in [7, 11) is 0. The number of rotatable bonds is 11. The van der Waals surface area contributed by atoms with Gasteiger partial charge in [-0.15, -0.1) is 0 Å². The van der Waals surface area contributed by atoms with Gasteiger partial charge in [-0.25, -0.2) is 0 Å². The molecule has 3 nitrogen and oxygen atoms in total. The standard InChI is InChI=1S/C18H35NO2/c1-2-3-4-5-6-7-8-9-10-11-18(21)19-14-12-17(16-20)13-15-19/h17,20H,2-16H2,1H3. The summed E-state index contributed by atoms with van der Waals surface area (Å²) in [6.45, 7) is 4.23. The number of aliphatic hydroxyl groups is 1. The van der Waals surface area contributed by atoms with Crippen LogP contribution in [0.5, 0.6) is 0 Å². The zero-order valence-electron chi connectivity index (χ0n) is 14.0. The predicted molar refractivity (Wildman–Crippen MR) is 88.2 cm³/mol. The lowest BCUT2D eigenvalue weighted by Gasteiger charge is -2.31. The summed E-state index contributed by atoms with van der Waals surface area (Å²) in [5, 5.41) is 9.10. The molecule has 0 saturated carbocycles. The Kier molecular flexibility index (Phi) is 10.6. The van der Waals surface area contributed by atoms with E-state index >= 15 is 0 Å². The molecule has 0 atom stereocenters. The smallest absolute Gasteiger partial charge is 0.222 e. The Hall–Kier alpha value is -0.570. The highest BCUT2D eigenvalue weighted by atomic mass is 16.3.